The number of hydrogen-bond acceptors (Lipinski definition) is 4. The van der Waals surface area contributed by atoms with Crippen LogP contribution < -0.4 is 0 Å². The third kappa shape index (κ3) is 2.37. The van der Waals surface area contributed by atoms with Crippen molar-refractivity contribution in [2.45, 2.75) is 57.4 Å². The van der Waals surface area contributed by atoms with Gasteiger partial charge in [-0.2, -0.15) is 4.98 Å². The van der Waals surface area contributed by atoms with Gasteiger partial charge in [-0.3, -0.25) is 0 Å². The van der Waals surface area contributed by atoms with Gasteiger partial charge in [0.15, 0.2) is 5.82 Å². The number of piperidine rings is 1. The van der Waals surface area contributed by atoms with Gasteiger partial charge in [-0.15, -0.1) is 0 Å². The second-order valence-corrected chi connectivity index (χ2v) is 5.69. The topological polar surface area (TPSA) is 42.2 Å². The summed E-state index contributed by atoms with van der Waals surface area (Å²) in [6.45, 7) is 6.81. The van der Waals surface area contributed by atoms with Crippen molar-refractivity contribution < 1.29 is 4.52 Å². The van der Waals surface area contributed by atoms with Gasteiger partial charge in [0.05, 0.1) is 0 Å². The van der Waals surface area contributed by atoms with Crippen molar-refractivity contribution in [3.8, 4) is 0 Å². The standard InChI is InChI=1S/C13H21N3O/c1-9(2)16-7-3-4-11(8-16)12-14-13(17-15-12)10-5-6-10/h9-11H,3-8H2,1-2H3. The Balaban J connectivity index is 1.69. The number of rotatable bonds is 3. The van der Waals surface area contributed by atoms with Crippen LogP contribution >= 0.6 is 0 Å². The second-order valence-electron chi connectivity index (χ2n) is 5.69. The summed E-state index contributed by atoms with van der Waals surface area (Å²) in [4.78, 5) is 7.10. The molecule has 1 aliphatic carbocycles. The van der Waals surface area contributed by atoms with Crippen LogP contribution in [-0.2, 0) is 0 Å². The van der Waals surface area contributed by atoms with Gasteiger partial charge in [0, 0.05) is 24.4 Å². The molecule has 1 atom stereocenters. The molecule has 1 aliphatic heterocycles. The Kier molecular flexibility index (Phi) is 2.90. The van der Waals surface area contributed by atoms with E-state index in [1.807, 2.05) is 0 Å². The Morgan fingerprint density at radius 1 is 1.24 bits per heavy atom. The third-order valence-corrected chi connectivity index (χ3v) is 3.93. The van der Waals surface area contributed by atoms with Gasteiger partial charge >= 0.3 is 0 Å². The number of likely N-dealkylation sites (tertiary alicyclic amines) is 1. The number of aromatic nitrogens is 2. The fourth-order valence-corrected chi connectivity index (χ4v) is 2.60. The second kappa shape index (κ2) is 4.41. The van der Waals surface area contributed by atoms with E-state index in [1.165, 1.54) is 32.2 Å². The molecule has 0 bridgehead atoms. The first-order valence-electron chi connectivity index (χ1n) is 6.81. The van der Waals surface area contributed by atoms with Crippen LogP contribution in [0.25, 0.3) is 0 Å². The molecule has 1 saturated carbocycles. The molecule has 3 rings (SSSR count). The van der Waals surface area contributed by atoms with Crippen LogP contribution in [0.5, 0.6) is 0 Å². The highest BCUT2D eigenvalue weighted by Gasteiger charge is 2.32. The van der Waals surface area contributed by atoms with E-state index in [-0.39, 0.29) is 0 Å². The van der Waals surface area contributed by atoms with Crippen molar-refractivity contribution >= 4 is 0 Å². The van der Waals surface area contributed by atoms with E-state index in [2.05, 4.69) is 28.9 Å². The molecule has 1 aromatic rings. The molecule has 1 saturated heterocycles. The average Bonchev–Trinajstić information content (AvgIpc) is 3.07. The largest absolute Gasteiger partial charge is 0.339 e. The summed E-state index contributed by atoms with van der Waals surface area (Å²) < 4.78 is 5.36. The fraction of sp³-hybridized carbons (Fsp3) is 0.846. The minimum Gasteiger partial charge on any atom is -0.339 e. The van der Waals surface area contributed by atoms with E-state index in [4.69, 9.17) is 4.52 Å². The quantitative estimate of drug-likeness (QED) is 0.807. The predicted molar refractivity (Wildman–Crippen MR) is 65.0 cm³/mol. The molecule has 1 aromatic heterocycles. The first-order valence-corrected chi connectivity index (χ1v) is 6.81. The van der Waals surface area contributed by atoms with Gasteiger partial charge in [0.25, 0.3) is 0 Å². The molecule has 0 N–H and O–H groups in total. The summed E-state index contributed by atoms with van der Waals surface area (Å²) in [6.07, 6.45) is 4.90. The van der Waals surface area contributed by atoms with E-state index in [9.17, 15) is 0 Å². The summed E-state index contributed by atoms with van der Waals surface area (Å²) in [5, 5.41) is 4.18. The lowest BCUT2D eigenvalue weighted by Gasteiger charge is -2.34. The van der Waals surface area contributed by atoms with Crippen LogP contribution in [0.2, 0.25) is 0 Å². The minimum absolute atomic E-state index is 0.474. The lowest BCUT2D eigenvalue weighted by molar-refractivity contribution is 0.163. The van der Waals surface area contributed by atoms with Gasteiger partial charge in [0.1, 0.15) is 0 Å². The molecule has 4 heteroatoms. The molecule has 17 heavy (non-hydrogen) atoms. The summed E-state index contributed by atoms with van der Waals surface area (Å²) in [5.41, 5.74) is 0. The predicted octanol–water partition coefficient (Wildman–Crippen LogP) is 2.53. The van der Waals surface area contributed by atoms with Crippen LogP contribution in [-0.4, -0.2) is 34.2 Å². The van der Waals surface area contributed by atoms with Crippen molar-refractivity contribution in [3.05, 3.63) is 11.7 Å². The zero-order valence-corrected chi connectivity index (χ0v) is 10.7. The number of nitrogens with zero attached hydrogens (tertiary/aromatic N) is 3. The van der Waals surface area contributed by atoms with Gasteiger partial charge in [-0.1, -0.05) is 5.16 Å². The van der Waals surface area contributed by atoms with Gasteiger partial charge < -0.3 is 9.42 Å². The smallest absolute Gasteiger partial charge is 0.229 e. The van der Waals surface area contributed by atoms with E-state index in [0.717, 1.165) is 18.3 Å². The molecule has 0 radical (unpaired) electrons. The molecule has 94 valence electrons. The van der Waals surface area contributed by atoms with Crippen molar-refractivity contribution in [1.82, 2.24) is 15.0 Å². The lowest BCUT2D eigenvalue weighted by atomic mass is 9.96. The summed E-state index contributed by atoms with van der Waals surface area (Å²) in [6, 6.07) is 0.618. The maximum atomic E-state index is 5.36. The highest BCUT2D eigenvalue weighted by atomic mass is 16.5. The normalized spacial score (nSPS) is 26.6. The molecular formula is C13H21N3O. The van der Waals surface area contributed by atoms with E-state index >= 15 is 0 Å². The van der Waals surface area contributed by atoms with Crippen molar-refractivity contribution in [2.75, 3.05) is 13.1 Å². The summed E-state index contributed by atoms with van der Waals surface area (Å²) >= 11 is 0. The average molecular weight is 235 g/mol. The summed E-state index contributed by atoms with van der Waals surface area (Å²) in [7, 11) is 0. The molecule has 2 heterocycles. The van der Waals surface area contributed by atoms with Gasteiger partial charge in [-0.25, -0.2) is 0 Å². The van der Waals surface area contributed by atoms with Crippen LogP contribution in [0.1, 0.15) is 63.1 Å². The highest BCUT2D eigenvalue weighted by Crippen LogP contribution is 2.39. The Hall–Kier alpha value is -0.900. The van der Waals surface area contributed by atoms with Gasteiger partial charge in [0.2, 0.25) is 5.89 Å². The Bertz CT molecular complexity index is 384. The SMILES string of the molecule is CC(C)N1CCCC(c2noc(C3CC3)n2)C1. The molecule has 0 aromatic carbocycles. The Labute approximate surface area is 102 Å². The van der Waals surface area contributed by atoms with Crippen LogP contribution in [0.15, 0.2) is 4.52 Å². The lowest BCUT2D eigenvalue weighted by Crippen LogP contribution is -2.39. The molecule has 2 aliphatic rings. The molecule has 0 spiro atoms. The van der Waals surface area contributed by atoms with Crippen molar-refractivity contribution in [1.29, 1.82) is 0 Å². The molecular weight excluding hydrogens is 214 g/mol. The van der Waals surface area contributed by atoms with Crippen LogP contribution in [0.3, 0.4) is 0 Å². The van der Waals surface area contributed by atoms with Crippen LogP contribution in [0.4, 0.5) is 0 Å². The van der Waals surface area contributed by atoms with Gasteiger partial charge in [-0.05, 0) is 46.1 Å². The minimum atomic E-state index is 0.474. The highest BCUT2D eigenvalue weighted by molar-refractivity contribution is 5.05. The maximum Gasteiger partial charge on any atom is 0.229 e. The van der Waals surface area contributed by atoms with Crippen LogP contribution in [0, 0.1) is 0 Å². The zero-order chi connectivity index (χ0) is 11.8. The van der Waals surface area contributed by atoms with E-state index in [1.54, 1.807) is 0 Å². The van der Waals surface area contributed by atoms with Crippen molar-refractivity contribution in [3.63, 3.8) is 0 Å². The monoisotopic (exact) mass is 235 g/mol. The fourth-order valence-electron chi connectivity index (χ4n) is 2.60. The Morgan fingerprint density at radius 3 is 2.76 bits per heavy atom. The zero-order valence-electron chi connectivity index (χ0n) is 10.7. The van der Waals surface area contributed by atoms with E-state index < -0.39 is 0 Å². The van der Waals surface area contributed by atoms with Crippen molar-refractivity contribution in [2.24, 2.45) is 0 Å². The molecule has 0 amide bonds. The maximum absolute atomic E-state index is 5.36. The molecule has 4 nitrogen and oxygen atoms in total. The number of hydrogen-bond donors (Lipinski definition) is 0. The van der Waals surface area contributed by atoms with E-state index in [0.29, 0.717) is 17.9 Å². The first-order chi connectivity index (χ1) is 8.24. The molecule has 2 fully saturated rings. The third-order valence-electron chi connectivity index (χ3n) is 3.93. The first kappa shape index (κ1) is 11.2. The molecule has 1 unspecified atom stereocenters. The summed E-state index contributed by atoms with van der Waals surface area (Å²) in [5.74, 6) is 2.86. The Morgan fingerprint density at radius 2 is 2.06 bits per heavy atom.